The van der Waals surface area contributed by atoms with Crippen molar-refractivity contribution in [2.75, 3.05) is 18.5 Å². The maximum absolute atomic E-state index is 12.3. The Morgan fingerprint density at radius 3 is 2.32 bits per heavy atom. The van der Waals surface area contributed by atoms with Gasteiger partial charge in [0.1, 0.15) is 11.5 Å². The zero-order valence-corrected chi connectivity index (χ0v) is 15.9. The van der Waals surface area contributed by atoms with Crippen molar-refractivity contribution in [3.63, 3.8) is 0 Å². The molecule has 0 heterocycles. The van der Waals surface area contributed by atoms with Gasteiger partial charge in [0.25, 0.3) is 0 Å². The van der Waals surface area contributed by atoms with Crippen LogP contribution in [0.1, 0.15) is 12.5 Å². The van der Waals surface area contributed by atoms with Gasteiger partial charge in [-0.1, -0.05) is 48.5 Å². The summed E-state index contributed by atoms with van der Waals surface area (Å²) in [6.07, 6.45) is 0.686. The minimum absolute atomic E-state index is 0.280. The molecule has 0 unspecified atom stereocenters. The smallest absolute Gasteiger partial charge is 0.319 e. The van der Waals surface area contributed by atoms with Gasteiger partial charge in [0.2, 0.25) is 0 Å². The van der Waals surface area contributed by atoms with Crippen LogP contribution in [0.25, 0.3) is 0 Å². The fourth-order valence-corrected chi connectivity index (χ4v) is 2.76. The van der Waals surface area contributed by atoms with E-state index in [-0.39, 0.29) is 6.03 Å². The molecule has 28 heavy (non-hydrogen) atoms. The third kappa shape index (κ3) is 5.51. The summed E-state index contributed by atoms with van der Waals surface area (Å²) in [4.78, 5) is 12.3. The molecule has 3 aromatic rings. The fourth-order valence-electron chi connectivity index (χ4n) is 2.76. The Bertz CT molecular complexity index is 897. The predicted molar refractivity (Wildman–Crippen MR) is 111 cm³/mol. The fraction of sp³-hybridized carbons (Fsp3) is 0.174. The molecule has 3 rings (SSSR count). The molecular formula is C23H24N2O3. The van der Waals surface area contributed by atoms with Crippen LogP contribution in [0.3, 0.4) is 0 Å². The number of carbonyl (C=O) groups excluding carboxylic acids is 1. The number of carbonyl (C=O) groups is 1. The van der Waals surface area contributed by atoms with Gasteiger partial charge < -0.3 is 20.1 Å². The van der Waals surface area contributed by atoms with Crippen molar-refractivity contribution in [3.8, 4) is 17.2 Å². The minimum Gasteiger partial charge on any atom is -0.494 e. The molecule has 0 radical (unpaired) electrons. The number of amides is 2. The molecule has 3 aromatic carbocycles. The van der Waals surface area contributed by atoms with Gasteiger partial charge in [0.05, 0.1) is 12.3 Å². The summed E-state index contributed by atoms with van der Waals surface area (Å²) in [5, 5.41) is 5.73. The molecule has 5 heteroatoms. The Kier molecular flexibility index (Phi) is 6.90. The SMILES string of the molecule is CCOc1ccccc1CCNC(=O)Nc1ccccc1Oc1ccccc1. The predicted octanol–water partition coefficient (Wildman–Crippen LogP) is 5.24. The van der Waals surface area contributed by atoms with Gasteiger partial charge in [-0.05, 0) is 49.2 Å². The van der Waals surface area contributed by atoms with Crippen LogP contribution in [0, 0.1) is 0 Å². The lowest BCUT2D eigenvalue weighted by Gasteiger charge is -2.13. The summed E-state index contributed by atoms with van der Waals surface area (Å²) in [6, 6.07) is 24.4. The summed E-state index contributed by atoms with van der Waals surface area (Å²) in [7, 11) is 0. The van der Waals surface area contributed by atoms with Gasteiger partial charge >= 0.3 is 6.03 Å². The average molecular weight is 376 g/mol. The topological polar surface area (TPSA) is 59.6 Å². The second-order valence-electron chi connectivity index (χ2n) is 6.08. The van der Waals surface area contributed by atoms with Gasteiger partial charge in [0, 0.05) is 6.54 Å². The molecule has 0 saturated heterocycles. The first-order valence-electron chi connectivity index (χ1n) is 9.33. The van der Waals surface area contributed by atoms with Gasteiger partial charge in [-0.2, -0.15) is 0 Å². The van der Waals surface area contributed by atoms with Crippen LogP contribution in [-0.4, -0.2) is 19.2 Å². The molecule has 5 nitrogen and oxygen atoms in total. The van der Waals surface area contributed by atoms with Gasteiger partial charge in [-0.25, -0.2) is 4.79 Å². The van der Waals surface area contributed by atoms with E-state index in [0.29, 0.717) is 36.8 Å². The van der Waals surface area contributed by atoms with Crippen LogP contribution in [0.5, 0.6) is 17.2 Å². The standard InChI is InChI=1S/C23H24N2O3/c1-2-27-21-14-8-6-10-18(21)16-17-24-23(26)25-20-13-7-9-15-22(20)28-19-11-4-3-5-12-19/h3-15H,2,16-17H2,1H3,(H2,24,25,26). The lowest BCUT2D eigenvalue weighted by molar-refractivity contribution is 0.252. The van der Waals surface area contributed by atoms with E-state index in [2.05, 4.69) is 10.6 Å². The first kappa shape index (κ1) is 19.3. The summed E-state index contributed by atoms with van der Waals surface area (Å²) >= 11 is 0. The molecule has 144 valence electrons. The highest BCUT2D eigenvalue weighted by Gasteiger charge is 2.09. The molecule has 0 spiro atoms. The van der Waals surface area contributed by atoms with Crippen molar-refractivity contribution in [1.82, 2.24) is 5.32 Å². The number of hydrogen-bond donors (Lipinski definition) is 2. The average Bonchev–Trinajstić information content (AvgIpc) is 2.72. The minimum atomic E-state index is -0.280. The van der Waals surface area contributed by atoms with Crippen LogP contribution >= 0.6 is 0 Å². The van der Waals surface area contributed by atoms with Crippen LogP contribution in [0.15, 0.2) is 78.9 Å². The molecule has 0 fully saturated rings. The van der Waals surface area contributed by atoms with Crippen molar-refractivity contribution in [1.29, 1.82) is 0 Å². The number of benzene rings is 3. The Morgan fingerprint density at radius 2 is 1.54 bits per heavy atom. The van der Waals surface area contributed by atoms with E-state index in [0.717, 1.165) is 11.3 Å². The largest absolute Gasteiger partial charge is 0.494 e. The lowest BCUT2D eigenvalue weighted by atomic mass is 10.1. The third-order valence-electron chi connectivity index (χ3n) is 4.06. The number of ether oxygens (including phenoxy) is 2. The highest BCUT2D eigenvalue weighted by atomic mass is 16.5. The van der Waals surface area contributed by atoms with E-state index in [1.54, 1.807) is 0 Å². The molecule has 0 aliphatic carbocycles. The van der Waals surface area contributed by atoms with E-state index in [4.69, 9.17) is 9.47 Å². The van der Waals surface area contributed by atoms with E-state index in [1.165, 1.54) is 0 Å². The van der Waals surface area contributed by atoms with E-state index < -0.39 is 0 Å². The van der Waals surface area contributed by atoms with E-state index in [1.807, 2.05) is 85.8 Å². The molecule has 2 N–H and O–H groups in total. The van der Waals surface area contributed by atoms with Crippen LogP contribution in [0.4, 0.5) is 10.5 Å². The van der Waals surface area contributed by atoms with Crippen molar-refractivity contribution in [2.24, 2.45) is 0 Å². The highest BCUT2D eigenvalue weighted by Crippen LogP contribution is 2.29. The quantitative estimate of drug-likeness (QED) is 0.565. The van der Waals surface area contributed by atoms with Crippen molar-refractivity contribution >= 4 is 11.7 Å². The summed E-state index contributed by atoms with van der Waals surface area (Å²) in [5.41, 5.74) is 1.68. The number of hydrogen-bond acceptors (Lipinski definition) is 3. The van der Waals surface area contributed by atoms with Gasteiger partial charge in [-0.15, -0.1) is 0 Å². The Hall–Kier alpha value is -3.47. The number of nitrogens with one attached hydrogen (secondary N) is 2. The van der Waals surface area contributed by atoms with Crippen molar-refractivity contribution < 1.29 is 14.3 Å². The normalized spacial score (nSPS) is 10.2. The monoisotopic (exact) mass is 376 g/mol. The van der Waals surface area contributed by atoms with Crippen LogP contribution in [-0.2, 0) is 6.42 Å². The number of urea groups is 1. The molecular weight excluding hydrogens is 352 g/mol. The summed E-state index contributed by atoms with van der Waals surface area (Å²) < 4.78 is 11.5. The summed E-state index contributed by atoms with van der Waals surface area (Å²) in [5.74, 6) is 2.16. The molecule has 2 amide bonds. The molecule has 0 saturated carbocycles. The first-order chi connectivity index (χ1) is 13.8. The molecule has 0 aliphatic heterocycles. The van der Waals surface area contributed by atoms with Gasteiger partial charge in [0.15, 0.2) is 5.75 Å². The summed E-state index contributed by atoms with van der Waals surface area (Å²) in [6.45, 7) is 3.07. The number of para-hydroxylation sites is 4. The van der Waals surface area contributed by atoms with Crippen LogP contribution < -0.4 is 20.1 Å². The van der Waals surface area contributed by atoms with E-state index in [9.17, 15) is 4.79 Å². The zero-order valence-electron chi connectivity index (χ0n) is 15.9. The Morgan fingerprint density at radius 1 is 0.857 bits per heavy atom. The molecule has 0 atom stereocenters. The van der Waals surface area contributed by atoms with E-state index >= 15 is 0 Å². The zero-order chi connectivity index (χ0) is 19.6. The first-order valence-corrected chi connectivity index (χ1v) is 9.33. The second-order valence-corrected chi connectivity index (χ2v) is 6.08. The van der Waals surface area contributed by atoms with Gasteiger partial charge in [-0.3, -0.25) is 0 Å². The van der Waals surface area contributed by atoms with Crippen molar-refractivity contribution in [3.05, 3.63) is 84.4 Å². The highest BCUT2D eigenvalue weighted by molar-refractivity contribution is 5.90. The molecule has 0 bridgehead atoms. The lowest BCUT2D eigenvalue weighted by Crippen LogP contribution is -2.30. The number of anilines is 1. The number of rotatable bonds is 8. The maximum Gasteiger partial charge on any atom is 0.319 e. The third-order valence-corrected chi connectivity index (χ3v) is 4.06. The van der Waals surface area contributed by atoms with Crippen molar-refractivity contribution in [2.45, 2.75) is 13.3 Å². The molecule has 0 aromatic heterocycles. The van der Waals surface area contributed by atoms with Crippen LogP contribution in [0.2, 0.25) is 0 Å². The maximum atomic E-state index is 12.3. The second kappa shape index (κ2) is 10.0. The Balaban J connectivity index is 1.56. The Labute approximate surface area is 165 Å². The molecule has 0 aliphatic rings.